The quantitative estimate of drug-likeness (QED) is 0.200. The third-order valence-corrected chi connectivity index (χ3v) is 12.9. The van der Waals surface area contributed by atoms with Crippen molar-refractivity contribution < 1.29 is 23.0 Å². The molecular formula is C42H46ClF2N9O3. The number of ether oxygens (including phenoxy) is 2. The van der Waals surface area contributed by atoms with Gasteiger partial charge in [0, 0.05) is 93.6 Å². The van der Waals surface area contributed by atoms with E-state index in [9.17, 15) is 14.4 Å². The van der Waals surface area contributed by atoms with Crippen molar-refractivity contribution in [2.45, 2.75) is 49.5 Å². The number of alkyl halides is 1. The molecule has 2 aromatic carbocycles. The summed E-state index contributed by atoms with van der Waals surface area (Å²) in [5, 5.41) is 12.2. The number of fused-ring (bicyclic) bond motifs is 3. The van der Waals surface area contributed by atoms with Crippen LogP contribution in [0.3, 0.4) is 0 Å². The number of hydrogen-bond donors (Lipinski definition) is 0. The lowest BCUT2D eigenvalue weighted by atomic mass is 9.95. The van der Waals surface area contributed by atoms with Gasteiger partial charge in [-0.05, 0) is 30.8 Å². The van der Waals surface area contributed by atoms with Crippen LogP contribution in [0.4, 0.5) is 14.6 Å². The van der Waals surface area contributed by atoms with Crippen molar-refractivity contribution in [3.05, 3.63) is 65.6 Å². The van der Waals surface area contributed by atoms with Gasteiger partial charge in [0.1, 0.15) is 29.8 Å². The molecular weight excluding hydrogens is 752 g/mol. The molecule has 0 aliphatic carbocycles. The standard InChI is InChI=1S/C42H46ClF2N9O3/c43-34-8-2-6-28-5-1-7-32(36(28)34)38-37(45)39-33(22-47-38)40(49-41(48-39)57-27-42-11-4-14-53(42)23-29(44)21-42)52-19-20-54(30(24-52)10-12-46)35(55)9-3-13-50-15-17-51(18-16-50)31-25-56-26-31/h1-3,5-9,22,29-31H,4,10-11,13-21,23-27H2/b9-3+/t29-,30+,42+/m1/s1. The van der Waals surface area contributed by atoms with Gasteiger partial charge in [0.2, 0.25) is 5.91 Å². The van der Waals surface area contributed by atoms with E-state index < -0.39 is 23.6 Å². The van der Waals surface area contributed by atoms with E-state index in [1.54, 1.807) is 29.3 Å². The number of benzene rings is 2. The molecule has 298 valence electrons. The second kappa shape index (κ2) is 16.0. The normalized spacial score (nSPS) is 25.0. The van der Waals surface area contributed by atoms with Crippen LogP contribution in [0.25, 0.3) is 32.9 Å². The zero-order valence-electron chi connectivity index (χ0n) is 31.8. The Bertz CT molecular complexity index is 2220. The van der Waals surface area contributed by atoms with E-state index in [0.29, 0.717) is 65.8 Å². The number of anilines is 1. The number of hydrogen-bond acceptors (Lipinski definition) is 11. The predicted octanol–water partition coefficient (Wildman–Crippen LogP) is 5.10. The van der Waals surface area contributed by atoms with Gasteiger partial charge in [0.15, 0.2) is 5.82 Å². The summed E-state index contributed by atoms with van der Waals surface area (Å²) in [5.41, 5.74) is 0.185. The van der Waals surface area contributed by atoms with Crippen molar-refractivity contribution in [1.82, 2.24) is 34.6 Å². The van der Waals surface area contributed by atoms with E-state index in [0.717, 1.165) is 64.2 Å². The molecule has 12 nitrogen and oxygen atoms in total. The Labute approximate surface area is 335 Å². The molecule has 15 heteroatoms. The van der Waals surface area contributed by atoms with Crippen molar-refractivity contribution in [1.29, 1.82) is 5.26 Å². The smallest absolute Gasteiger partial charge is 0.319 e. The maximum absolute atomic E-state index is 17.0. The highest BCUT2D eigenvalue weighted by Crippen LogP contribution is 2.41. The lowest BCUT2D eigenvalue weighted by Gasteiger charge is -2.42. The molecule has 0 saturated carbocycles. The fraction of sp³-hybridized carbons (Fsp3) is 0.500. The number of piperazine rings is 2. The maximum Gasteiger partial charge on any atom is 0.319 e. The third-order valence-electron chi connectivity index (χ3n) is 12.5. The first kappa shape index (κ1) is 38.0. The number of halogens is 3. The SMILES string of the molecule is N#CC[C@H]1CN(c2nc(OC[C@@]34CCCN3C[C@H](F)C4)nc3c(F)c(-c4cccc5cccc(Cl)c45)ncc23)CCN1C(=O)/C=C/CN1CCN(C2COC2)CC1. The lowest BCUT2D eigenvalue weighted by Crippen LogP contribution is -2.56. The topological polar surface area (TPSA) is 114 Å². The molecule has 3 atom stereocenters. The van der Waals surface area contributed by atoms with Gasteiger partial charge in [-0.1, -0.05) is 48.0 Å². The van der Waals surface area contributed by atoms with Crippen LogP contribution in [0.5, 0.6) is 6.01 Å². The molecule has 5 aliphatic rings. The molecule has 4 aromatic rings. The van der Waals surface area contributed by atoms with E-state index in [1.165, 1.54) is 0 Å². The highest BCUT2D eigenvalue weighted by atomic mass is 35.5. The number of aromatic nitrogens is 3. The van der Waals surface area contributed by atoms with Crippen molar-refractivity contribution in [2.75, 3.05) is 90.2 Å². The Kier molecular flexibility index (Phi) is 10.7. The fourth-order valence-corrected chi connectivity index (χ4v) is 9.70. The number of nitriles is 1. The van der Waals surface area contributed by atoms with E-state index in [1.807, 2.05) is 35.2 Å². The monoisotopic (exact) mass is 797 g/mol. The minimum Gasteiger partial charge on any atom is -0.461 e. The Morgan fingerprint density at radius 2 is 1.89 bits per heavy atom. The summed E-state index contributed by atoms with van der Waals surface area (Å²) >= 11 is 6.65. The second-order valence-electron chi connectivity index (χ2n) is 15.9. The van der Waals surface area contributed by atoms with Gasteiger partial charge in [0.05, 0.1) is 48.7 Å². The van der Waals surface area contributed by atoms with Crippen LogP contribution >= 0.6 is 11.6 Å². The molecule has 1 amide bonds. The van der Waals surface area contributed by atoms with Crippen LogP contribution in [-0.2, 0) is 9.53 Å². The fourth-order valence-electron chi connectivity index (χ4n) is 9.42. The largest absolute Gasteiger partial charge is 0.461 e. The summed E-state index contributed by atoms with van der Waals surface area (Å²) in [5.74, 6) is -0.395. The van der Waals surface area contributed by atoms with Crippen LogP contribution in [0.2, 0.25) is 5.02 Å². The Morgan fingerprint density at radius 1 is 1.07 bits per heavy atom. The number of rotatable bonds is 10. The van der Waals surface area contributed by atoms with Crippen molar-refractivity contribution >= 4 is 45.0 Å². The first-order chi connectivity index (χ1) is 27.8. The van der Waals surface area contributed by atoms with Gasteiger partial charge < -0.3 is 19.3 Å². The molecule has 7 heterocycles. The molecule has 57 heavy (non-hydrogen) atoms. The Hall–Kier alpha value is -4.52. The molecule has 9 rings (SSSR count). The Balaban J connectivity index is 0.991. The van der Waals surface area contributed by atoms with E-state index in [2.05, 4.69) is 30.7 Å². The van der Waals surface area contributed by atoms with Gasteiger partial charge in [-0.25, -0.2) is 8.78 Å². The lowest BCUT2D eigenvalue weighted by molar-refractivity contribution is -0.128. The van der Waals surface area contributed by atoms with Crippen LogP contribution in [0.1, 0.15) is 25.7 Å². The van der Waals surface area contributed by atoms with Gasteiger partial charge in [-0.3, -0.25) is 24.5 Å². The summed E-state index contributed by atoms with van der Waals surface area (Å²) < 4.78 is 43.3. The molecule has 2 aromatic heterocycles. The summed E-state index contributed by atoms with van der Waals surface area (Å²) in [4.78, 5) is 38.4. The minimum absolute atomic E-state index is 0.0202. The number of pyridine rings is 1. The molecule has 5 fully saturated rings. The summed E-state index contributed by atoms with van der Waals surface area (Å²) in [7, 11) is 0. The molecule has 0 radical (unpaired) electrons. The van der Waals surface area contributed by atoms with Crippen molar-refractivity contribution in [3.63, 3.8) is 0 Å². The molecule has 0 N–H and O–H groups in total. The predicted molar refractivity (Wildman–Crippen MR) is 213 cm³/mol. The molecule has 0 unspecified atom stereocenters. The van der Waals surface area contributed by atoms with Crippen molar-refractivity contribution in [2.24, 2.45) is 0 Å². The first-order valence-corrected chi connectivity index (χ1v) is 20.4. The molecule has 5 aliphatic heterocycles. The van der Waals surface area contributed by atoms with Gasteiger partial charge >= 0.3 is 6.01 Å². The van der Waals surface area contributed by atoms with Crippen LogP contribution in [0, 0.1) is 17.1 Å². The van der Waals surface area contributed by atoms with Crippen molar-refractivity contribution in [3.8, 4) is 23.3 Å². The van der Waals surface area contributed by atoms with Crippen LogP contribution in [-0.4, -0.2) is 150 Å². The van der Waals surface area contributed by atoms with Gasteiger partial charge in [-0.2, -0.15) is 15.2 Å². The molecule has 5 saturated heterocycles. The van der Waals surface area contributed by atoms with Gasteiger partial charge in [0.25, 0.3) is 0 Å². The minimum atomic E-state index is -0.935. The van der Waals surface area contributed by atoms with Crippen LogP contribution in [0.15, 0.2) is 54.7 Å². The summed E-state index contributed by atoms with van der Waals surface area (Å²) in [6.07, 6.45) is 6.39. The maximum atomic E-state index is 17.0. The zero-order valence-corrected chi connectivity index (χ0v) is 32.6. The van der Waals surface area contributed by atoms with Crippen LogP contribution < -0.4 is 9.64 Å². The number of carbonyl (C=O) groups is 1. The van der Waals surface area contributed by atoms with E-state index >= 15 is 4.39 Å². The molecule has 0 spiro atoms. The first-order valence-electron chi connectivity index (χ1n) is 20.0. The summed E-state index contributed by atoms with van der Waals surface area (Å²) in [6.45, 7) is 8.49. The third kappa shape index (κ3) is 7.40. The molecule has 0 bridgehead atoms. The number of carbonyl (C=O) groups excluding carboxylic acids is 1. The van der Waals surface area contributed by atoms with E-state index in [-0.39, 0.29) is 42.7 Å². The number of amides is 1. The average molecular weight is 798 g/mol. The second-order valence-corrected chi connectivity index (χ2v) is 16.4. The Morgan fingerprint density at radius 3 is 2.68 bits per heavy atom. The number of nitrogens with zero attached hydrogens (tertiary/aromatic N) is 9. The highest BCUT2D eigenvalue weighted by molar-refractivity contribution is 6.36. The summed E-state index contributed by atoms with van der Waals surface area (Å²) in [6, 6.07) is 13.4. The van der Waals surface area contributed by atoms with Gasteiger partial charge in [-0.15, -0.1) is 0 Å². The van der Waals surface area contributed by atoms with E-state index in [4.69, 9.17) is 26.1 Å². The highest BCUT2D eigenvalue weighted by Gasteiger charge is 2.49. The average Bonchev–Trinajstić information content (AvgIpc) is 3.73. The zero-order chi connectivity index (χ0) is 39.1.